The molecule has 4 heteroatoms. The summed E-state index contributed by atoms with van der Waals surface area (Å²) in [6.07, 6.45) is 4.38. The third-order valence-corrected chi connectivity index (χ3v) is 3.69. The highest BCUT2D eigenvalue weighted by molar-refractivity contribution is 8.17. The second-order valence-corrected chi connectivity index (χ2v) is 4.82. The van der Waals surface area contributed by atoms with Crippen LogP contribution in [0.1, 0.15) is 25.7 Å². The topological polar surface area (TPSA) is 53.1 Å². The van der Waals surface area contributed by atoms with Gasteiger partial charge in [-0.2, -0.15) is 0 Å². The van der Waals surface area contributed by atoms with E-state index in [2.05, 4.69) is 0 Å². The van der Waals surface area contributed by atoms with Crippen LogP contribution in [0.4, 0.5) is 0 Å². The molecule has 13 heavy (non-hydrogen) atoms. The Hall–Kier alpha value is -0.320. The molecule has 0 aromatic rings. The van der Waals surface area contributed by atoms with Crippen molar-refractivity contribution >= 4 is 16.8 Å². The molecule has 0 aromatic heterocycles. The summed E-state index contributed by atoms with van der Waals surface area (Å²) < 4.78 is 0. The summed E-state index contributed by atoms with van der Waals surface area (Å²) in [5.41, 5.74) is 1.55. The average Bonchev–Trinajstić information content (AvgIpc) is 2.25. The molecule has 2 aliphatic rings. The molecule has 0 radical (unpaired) electrons. The van der Waals surface area contributed by atoms with Gasteiger partial charge in [0, 0.05) is 18.0 Å². The molecule has 0 amide bonds. The van der Waals surface area contributed by atoms with E-state index in [4.69, 9.17) is 11.3 Å². The molecule has 2 heterocycles. The van der Waals surface area contributed by atoms with Gasteiger partial charge in [0.1, 0.15) is 0 Å². The van der Waals surface area contributed by atoms with Crippen LogP contribution in [0.2, 0.25) is 0 Å². The summed E-state index contributed by atoms with van der Waals surface area (Å²) in [5, 5.41) is 10.3. The van der Waals surface area contributed by atoms with Crippen LogP contribution in [-0.2, 0) is 0 Å². The maximum atomic E-state index is 7.69. The van der Waals surface area contributed by atoms with E-state index in [-0.39, 0.29) is 0 Å². The first-order valence-electron chi connectivity index (χ1n) is 4.71. The van der Waals surface area contributed by atoms with Crippen molar-refractivity contribution in [3.05, 3.63) is 10.5 Å². The third-order valence-electron chi connectivity index (χ3n) is 2.57. The molecule has 0 aromatic carbocycles. The van der Waals surface area contributed by atoms with Crippen molar-refractivity contribution in [3.63, 3.8) is 0 Å². The van der Waals surface area contributed by atoms with E-state index >= 15 is 0 Å². The predicted octanol–water partition coefficient (Wildman–Crippen LogP) is 1.71. The molecular formula is C9H15N3S. The highest BCUT2D eigenvalue weighted by Crippen LogP contribution is 2.34. The van der Waals surface area contributed by atoms with Gasteiger partial charge in [0.25, 0.3) is 0 Å². The molecular weight excluding hydrogens is 182 g/mol. The first kappa shape index (κ1) is 9.24. The second-order valence-electron chi connectivity index (χ2n) is 3.63. The summed E-state index contributed by atoms with van der Waals surface area (Å²) in [6, 6.07) is 0. The standard InChI is InChI=1S/C9H15N3S/c10-9-3-1-2-7-4-5-12(11)6-8(7)13-9/h10H,1-6,11H2. The van der Waals surface area contributed by atoms with E-state index in [1.807, 2.05) is 5.01 Å². The summed E-state index contributed by atoms with van der Waals surface area (Å²) in [4.78, 5) is 1.34. The number of hydrazine groups is 1. The second kappa shape index (κ2) is 3.82. The maximum absolute atomic E-state index is 7.69. The number of nitrogens with zero attached hydrogens (tertiary/aromatic N) is 1. The van der Waals surface area contributed by atoms with Gasteiger partial charge in [0.05, 0.1) is 5.04 Å². The van der Waals surface area contributed by atoms with Gasteiger partial charge in [0.15, 0.2) is 0 Å². The van der Waals surface area contributed by atoms with Crippen LogP contribution in [-0.4, -0.2) is 23.1 Å². The molecule has 2 rings (SSSR count). The summed E-state index contributed by atoms with van der Waals surface area (Å²) >= 11 is 1.64. The normalized spacial score (nSPS) is 25.8. The molecule has 0 unspecified atom stereocenters. The Bertz CT molecular complexity index is 260. The number of hydrogen-bond donors (Lipinski definition) is 2. The molecule has 3 N–H and O–H groups in total. The van der Waals surface area contributed by atoms with Crippen molar-refractivity contribution in [1.29, 1.82) is 5.41 Å². The molecule has 0 bridgehead atoms. The fourth-order valence-corrected chi connectivity index (χ4v) is 2.95. The first-order chi connectivity index (χ1) is 6.25. The van der Waals surface area contributed by atoms with E-state index in [1.54, 1.807) is 17.3 Å². The number of nitrogens with two attached hydrogens (primary N) is 1. The number of hydrogen-bond acceptors (Lipinski definition) is 4. The zero-order valence-electron chi connectivity index (χ0n) is 7.68. The summed E-state index contributed by atoms with van der Waals surface area (Å²) in [6.45, 7) is 1.83. The maximum Gasteiger partial charge on any atom is 0.0686 e. The Labute approximate surface area is 82.8 Å². The fraction of sp³-hybridized carbons (Fsp3) is 0.667. The number of thioether (sulfide) groups is 1. The van der Waals surface area contributed by atoms with E-state index in [1.165, 1.54) is 11.3 Å². The van der Waals surface area contributed by atoms with E-state index in [0.29, 0.717) is 0 Å². The van der Waals surface area contributed by atoms with Gasteiger partial charge in [-0.1, -0.05) is 17.3 Å². The molecule has 3 nitrogen and oxygen atoms in total. The minimum absolute atomic E-state index is 0.806. The Balaban J connectivity index is 2.16. The van der Waals surface area contributed by atoms with E-state index < -0.39 is 0 Å². The summed E-state index contributed by atoms with van der Waals surface area (Å²) in [7, 11) is 0. The third kappa shape index (κ3) is 2.13. The van der Waals surface area contributed by atoms with E-state index in [9.17, 15) is 0 Å². The van der Waals surface area contributed by atoms with Crippen LogP contribution in [0.3, 0.4) is 0 Å². The Morgan fingerprint density at radius 3 is 3.00 bits per heavy atom. The number of nitrogens with one attached hydrogen (secondary N) is 1. The molecule has 0 saturated heterocycles. The van der Waals surface area contributed by atoms with Crippen LogP contribution in [0.5, 0.6) is 0 Å². The molecule has 0 saturated carbocycles. The van der Waals surface area contributed by atoms with Crippen molar-refractivity contribution in [3.8, 4) is 0 Å². The van der Waals surface area contributed by atoms with Crippen LogP contribution in [0, 0.1) is 5.41 Å². The SMILES string of the molecule is N=C1CCCC2=C(CN(N)CC2)S1. The zero-order valence-corrected chi connectivity index (χ0v) is 8.49. The fourth-order valence-electron chi connectivity index (χ4n) is 1.82. The Kier molecular flexibility index (Phi) is 2.71. The minimum atomic E-state index is 0.806. The van der Waals surface area contributed by atoms with Crippen LogP contribution in [0.25, 0.3) is 0 Å². The number of rotatable bonds is 0. The van der Waals surface area contributed by atoms with Gasteiger partial charge in [-0.15, -0.1) is 0 Å². The quantitative estimate of drug-likeness (QED) is 0.581. The zero-order chi connectivity index (χ0) is 9.26. The van der Waals surface area contributed by atoms with Crippen molar-refractivity contribution in [1.82, 2.24) is 5.01 Å². The minimum Gasteiger partial charge on any atom is -0.298 e. The Morgan fingerprint density at radius 1 is 1.31 bits per heavy atom. The van der Waals surface area contributed by atoms with Crippen molar-refractivity contribution in [2.45, 2.75) is 25.7 Å². The first-order valence-corrected chi connectivity index (χ1v) is 5.53. The lowest BCUT2D eigenvalue weighted by Gasteiger charge is -2.25. The highest BCUT2D eigenvalue weighted by atomic mass is 32.2. The predicted molar refractivity (Wildman–Crippen MR) is 56.6 cm³/mol. The molecule has 0 aliphatic carbocycles. The molecule has 0 fully saturated rings. The van der Waals surface area contributed by atoms with Gasteiger partial charge in [-0.3, -0.25) is 11.3 Å². The molecule has 0 spiro atoms. The lowest BCUT2D eigenvalue weighted by atomic mass is 10.0. The van der Waals surface area contributed by atoms with Gasteiger partial charge in [-0.05, 0) is 25.7 Å². The Morgan fingerprint density at radius 2 is 2.15 bits per heavy atom. The lowest BCUT2D eigenvalue weighted by Crippen LogP contribution is -2.36. The lowest BCUT2D eigenvalue weighted by molar-refractivity contribution is 0.300. The smallest absolute Gasteiger partial charge is 0.0686 e. The molecule has 72 valence electrons. The van der Waals surface area contributed by atoms with Gasteiger partial charge in [0.2, 0.25) is 0 Å². The largest absolute Gasteiger partial charge is 0.298 e. The van der Waals surface area contributed by atoms with Crippen molar-refractivity contribution in [2.75, 3.05) is 13.1 Å². The average molecular weight is 197 g/mol. The van der Waals surface area contributed by atoms with E-state index in [0.717, 1.165) is 37.4 Å². The van der Waals surface area contributed by atoms with Gasteiger partial charge < -0.3 is 0 Å². The van der Waals surface area contributed by atoms with Crippen LogP contribution < -0.4 is 5.84 Å². The van der Waals surface area contributed by atoms with Crippen molar-refractivity contribution < 1.29 is 0 Å². The summed E-state index contributed by atoms with van der Waals surface area (Å²) in [5.74, 6) is 5.75. The molecule has 2 aliphatic heterocycles. The monoisotopic (exact) mass is 197 g/mol. The van der Waals surface area contributed by atoms with Crippen LogP contribution in [0.15, 0.2) is 10.5 Å². The van der Waals surface area contributed by atoms with Crippen LogP contribution >= 0.6 is 11.8 Å². The van der Waals surface area contributed by atoms with Gasteiger partial charge in [-0.25, -0.2) is 5.01 Å². The van der Waals surface area contributed by atoms with Crippen molar-refractivity contribution in [2.24, 2.45) is 5.84 Å². The highest BCUT2D eigenvalue weighted by Gasteiger charge is 2.20. The van der Waals surface area contributed by atoms with Gasteiger partial charge >= 0.3 is 0 Å². The molecule has 0 atom stereocenters.